The van der Waals surface area contributed by atoms with Gasteiger partial charge in [-0.25, -0.2) is 0 Å². The van der Waals surface area contributed by atoms with Crippen LogP contribution >= 0.6 is 11.6 Å². The van der Waals surface area contributed by atoms with E-state index in [4.69, 9.17) is 17.3 Å². The van der Waals surface area contributed by atoms with Crippen LogP contribution in [-0.4, -0.2) is 18.5 Å². The van der Waals surface area contributed by atoms with Crippen LogP contribution in [0.4, 0.5) is 26.3 Å². The van der Waals surface area contributed by atoms with E-state index in [0.717, 1.165) is 12.1 Å². The van der Waals surface area contributed by atoms with Crippen molar-refractivity contribution in [1.29, 1.82) is 0 Å². The predicted molar refractivity (Wildman–Crippen MR) is 60.6 cm³/mol. The van der Waals surface area contributed by atoms with E-state index in [1.807, 2.05) is 0 Å². The fourth-order valence-corrected chi connectivity index (χ4v) is 1.58. The lowest BCUT2D eigenvalue weighted by atomic mass is 10.1. The SMILES string of the molecule is C[C@H](N)c1ccc(OC(C(F)(F)F)C(F)(F)F)c(Cl)c1. The largest absolute Gasteiger partial charge is 0.470 e. The molecule has 1 atom stereocenters. The lowest BCUT2D eigenvalue weighted by Gasteiger charge is -2.24. The monoisotopic (exact) mass is 321 g/mol. The van der Waals surface area contributed by atoms with Gasteiger partial charge in [0.15, 0.2) is 0 Å². The summed E-state index contributed by atoms with van der Waals surface area (Å²) < 4.78 is 78.0. The van der Waals surface area contributed by atoms with Crippen molar-refractivity contribution < 1.29 is 31.1 Å². The average Bonchev–Trinajstić information content (AvgIpc) is 2.23. The molecule has 0 aliphatic heterocycles. The zero-order valence-corrected chi connectivity index (χ0v) is 10.8. The summed E-state index contributed by atoms with van der Waals surface area (Å²) in [5.41, 5.74) is 5.97. The molecule has 0 aromatic heterocycles. The maximum Gasteiger partial charge on any atom is 0.434 e. The highest BCUT2D eigenvalue weighted by atomic mass is 35.5. The highest BCUT2D eigenvalue weighted by Crippen LogP contribution is 2.38. The van der Waals surface area contributed by atoms with Gasteiger partial charge in [-0.1, -0.05) is 17.7 Å². The second-order valence-corrected chi connectivity index (χ2v) is 4.47. The molecular weight excluding hydrogens is 312 g/mol. The van der Waals surface area contributed by atoms with Crippen LogP contribution in [0.3, 0.4) is 0 Å². The van der Waals surface area contributed by atoms with E-state index < -0.39 is 30.2 Å². The van der Waals surface area contributed by atoms with Crippen LogP contribution in [0, 0.1) is 0 Å². The summed E-state index contributed by atoms with van der Waals surface area (Å²) >= 11 is 5.60. The van der Waals surface area contributed by atoms with Crippen LogP contribution in [0.1, 0.15) is 18.5 Å². The molecule has 0 bridgehead atoms. The molecule has 0 aliphatic rings. The Kier molecular flexibility index (Phi) is 4.81. The van der Waals surface area contributed by atoms with Crippen molar-refractivity contribution in [2.45, 2.75) is 31.4 Å². The molecule has 0 saturated carbocycles. The highest BCUT2D eigenvalue weighted by Gasteiger charge is 2.59. The van der Waals surface area contributed by atoms with Gasteiger partial charge in [-0.15, -0.1) is 0 Å². The van der Waals surface area contributed by atoms with Gasteiger partial charge in [0.25, 0.3) is 6.10 Å². The van der Waals surface area contributed by atoms with Crippen LogP contribution in [0.5, 0.6) is 5.75 Å². The maximum absolute atomic E-state index is 12.3. The number of rotatable bonds is 3. The third-order valence-electron chi connectivity index (χ3n) is 2.32. The number of ether oxygens (including phenoxy) is 1. The molecule has 0 spiro atoms. The first-order valence-corrected chi connectivity index (χ1v) is 5.66. The van der Waals surface area contributed by atoms with Crippen LogP contribution in [0.25, 0.3) is 0 Å². The second-order valence-electron chi connectivity index (χ2n) is 4.06. The Labute approximate surface area is 115 Å². The fraction of sp³-hybridized carbons (Fsp3) is 0.455. The Balaban J connectivity index is 3.07. The summed E-state index contributed by atoms with van der Waals surface area (Å²) in [4.78, 5) is 0. The Hall–Kier alpha value is -1.15. The van der Waals surface area contributed by atoms with Crippen LogP contribution in [0.15, 0.2) is 18.2 Å². The fourth-order valence-electron chi connectivity index (χ4n) is 1.34. The second kappa shape index (κ2) is 5.69. The molecule has 9 heteroatoms. The molecule has 0 aliphatic carbocycles. The Morgan fingerprint density at radius 1 is 1.10 bits per heavy atom. The first-order chi connectivity index (χ1) is 8.93. The third kappa shape index (κ3) is 4.17. The van der Waals surface area contributed by atoms with Gasteiger partial charge in [0.05, 0.1) is 5.02 Å². The number of hydrogen-bond donors (Lipinski definition) is 1. The summed E-state index contributed by atoms with van der Waals surface area (Å²) in [5, 5.41) is -0.377. The number of hydrogen-bond acceptors (Lipinski definition) is 2. The van der Waals surface area contributed by atoms with Gasteiger partial charge in [0.2, 0.25) is 0 Å². The lowest BCUT2D eigenvalue weighted by molar-refractivity contribution is -0.299. The minimum atomic E-state index is -5.60. The van der Waals surface area contributed by atoms with Gasteiger partial charge in [-0.05, 0) is 24.6 Å². The van der Waals surface area contributed by atoms with E-state index in [-0.39, 0.29) is 5.02 Å². The molecule has 0 unspecified atom stereocenters. The third-order valence-corrected chi connectivity index (χ3v) is 2.62. The average molecular weight is 322 g/mol. The van der Waals surface area contributed by atoms with E-state index in [1.165, 1.54) is 6.07 Å². The minimum Gasteiger partial charge on any atom is -0.470 e. The Morgan fingerprint density at radius 2 is 1.60 bits per heavy atom. The molecule has 114 valence electrons. The summed E-state index contributed by atoms with van der Waals surface area (Å²) in [6, 6.07) is 2.86. The van der Waals surface area contributed by atoms with Crippen molar-refractivity contribution >= 4 is 11.6 Å². The van der Waals surface area contributed by atoms with Gasteiger partial charge >= 0.3 is 12.4 Å². The lowest BCUT2D eigenvalue weighted by Crippen LogP contribution is -2.46. The quantitative estimate of drug-likeness (QED) is 0.846. The molecule has 0 radical (unpaired) electrons. The Morgan fingerprint density at radius 3 is 1.95 bits per heavy atom. The molecule has 0 amide bonds. The first kappa shape index (κ1) is 16.9. The summed E-state index contributed by atoms with van der Waals surface area (Å²) in [6.07, 6.45) is -15.1. The van der Waals surface area contributed by atoms with Crippen LogP contribution < -0.4 is 10.5 Å². The van der Waals surface area contributed by atoms with Crippen molar-refractivity contribution in [2.24, 2.45) is 5.73 Å². The van der Waals surface area contributed by atoms with Gasteiger partial charge < -0.3 is 10.5 Å². The zero-order valence-electron chi connectivity index (χ0n) is 10.0. The van der Waals surface area contributed by atoms with E-state index >= 15 is 0 Å². The van der Waals surface area contributed by atoms with E-state index in [2.05, 4.69) is 4.74 Å². The van der Waals surface area contributed by atoms with E-state index in [0.29, 0.717) is 5.56 Å². The summed E-state index contributed by atoms with van der Waals surface area (Å²) in [7, 11) is 0. The van der Waals surface area contributed by atoms with Crippen molar-refractivity contribution in [3.63, 3.8) is 0 Å². The number of benzene rings is 1. The summed E-state index contributed by atoms with van der Waals surface area (Å²) in [5.74, 6) is -0.712. The number of alkyl halides is 6. The normalized spacial score (nSPS) is 14.5. The molecule has 1 rings (SSSR count). The molecular formula is C11H10ClF6NO. The predicted octanol–water partition coefficient (Wildman–Crippen LogP) is 4.23. The standard InChI is InChI=1S/C11H10ClF6NO/c1-5(19)6-2-3-8(7(12)4-6)20-9(10(13,14)15)11(16,17)18/h2-5,9H,19H2,1H3/t5-/m0/s1. The zero-order chi connectivity index (χ0) is 15.7. The summed E-state index contributed by atoms with van der Waals surface area (Å²) in [6.45, 7) is 1.58. The number of nitrogens with two attached hydrogens (primary N) is 1. The number of halogens is 7. The van der Waals surface area contributed by atoms with Gasteiger partial charge in [0, 0.05) is 6.04 Å². The maximum atomic E-state index is 12.3. The molecule has 1 aromatic carbocycles. The molecule has 20 heavy (non-hydrogen) atoms. The smallest absolute Gasteiger partial charge is 0.434 e. The van der Waals surface area contributed by atoms with Crippen molar-refractivity contribution in [1.82, 2.24) is 0 Å². The molecule has 0 heterocycles. The van der Waals surface area contributed by atoms with Gasteiger partial charge in [-0.2, -0.15) is 26.3 Å². The molecule has 0 saturated heterocycles. The van der Waals surface area contributed by atoms with Gasteiger partial charge in [-0.3, -0.25) is 0 Å². The first-order valence-electron chi connectivity index (χ1n) is 5.28. The van der Waals surface area contributed by atoms with Gasteiger partial charge in [0.1, 0.15) is 5.75 Å². The van der Waals surface area contributed by atoms with Crippen LogP contribution in [0.2, 0.25) is 5.02 Å². The van der Waals surface area contributed by atoms with E-state index in [1.54, 1.807) is 6.92 Å². The van der Waals surface area contributed by atoms with E-state index in [9.17, 15) is 26.3 Å². The Bertz CT molecular complexity index is 457. The highest BCUT2D eigenvalue weighted by molar-refractivity contribution is 6.32. The van der Waals surface area contributed by atoms with Crippen molar-refractivity contribution in [3.8, 4) is 5.75 Å². The molecule has 0 fully saturated rings. The minimum absolute atomic E-state index is 0.377. The van der Waals surface area contributed by atoms with Crippen LogP contribution in [-0.2, 0) is 0 Å². The molecule has 2 nitrogen and oxygen atoms in total. The topological polar surface area (TPSA) is 35.2 Å². The molecule has 2 N–H and O–H groups in total. The van der Waals surface area contributed by atoms with Crippen molar-refractivity contribution in [3.05, 3.63) is 28.8 Å². The van der Waals surface area contributed by atoms with Crippen molar-refractivity contribution in [2.75, 3.05) is 0 Å². The molecule has 1 aromatic rings.